The van der Waals surface area contributed by atoms with Crippen LogP contribution in [0.1, 0.15) is 19.1 Å². The van der Waals surface area contributed by atoms with E-state index in [0.717, 1.165) is 16.9 Å². The average molecular weight is 244 g/mol. The lowest BCUT2D eigenvalue weighted by Gasteiger charge is -2.07. The molecule has 0 saturated heterocycles. The first-order chi connectivity index (χ1) is 7.56. The maximum absolute atomic E-state index is 11.5. The average Bonchev–Trinajstić information content (AvgIpc) is 2.59. The Kier molecular flexibility index (Phi) is 4.67. The number of nitrogens with zero attached hydrogens (tertiary/aromatic N) is 2. The fourth-order valence-corrected chi connectivity index (χ4v) is 1.86. The monoisotopic (exact) mass is 244 g/mol. The van der Waals surface area contributed by atoms with Crippen LogP contribution in [-0.4, -0.2) is 35.5 Å². The summed E-state index contributed by atoms with van der Waals surface area (Å²) >= 11 is 1.68. The third-order valence-electron chi connectivity index (χ3n) is 1.84. The van der Waals surface area contributed by atoms with Crippen LogP contribution in [-0.2, 0) is 5.75 Å². The molecular weight excluding hydrogens is 228 g/mol. The minimum atomic E-state index is -0.461. The first-order valence-electron chi connectivity index (χ1n) is 5.08. The first kappa shape index (κ1) is 12.9. The molecule has 5 nitrogen and oxygen atoms in total. The predicted octanol–water partition coefficient (Wildman–Crippen LogP) is 1.61. The molecule has 0 radical (unpaired) electrons. The molecule has 0 bridgehead atoms. The summed E-state index contributed by atoms with van der Waals surface area (Å²) in [6.07, 6.45) is 1.08. The van der Waals surface area contributed by atoms with E-state index in [-0.39, 0.29) is 0 Å². The standard InChI is InChI=1S/C10H16N2O3S/c1-4-5-16-7-8-6-9(13)12(15-8)10(14)11(2)3/h6H,4-5,7H2,1-3H3. The van der Waals surface area contributed by atoms with Crippen molar-refractivity contribution in [2.75, 3.05) is 19.8 Å². The van der Waals surface area contributed by atoms with Crippen LogP contribution in [0.5, 0.6) is 0 Å². The van der Waals surface area contributed by atoms with E-state index in [2.05, 4.69) is 6.92 Å². The summed E-state index contributed by atoms with van der Waals surface area (Å²) in [4.78, 5) is 24.2. The lowest BCUT2D eigenvalue weighted by Crippen LogP contribution is -2.32. The summed E-state index contributed by atoms with van der Waals surface area (Å²) in [5.74, 6) is 2.17. The number of thioether (sulfide) groups is 1. The van der Waals surface area contributed by atoms with Gasteiger partial charge in [0.15, 0.2) is 0 Å². The van der Waals surface area contributed by atoms with Crippen LogP contribution in [0.15, 0.2) is 15.4 Å². The van der Waals surface area contributed by atoms with Gasteiger partial charge in [0.05, 0.1) is 5.75 Å². The molecule has 0 aliphatic rings. The molecule has 1 rings (SSSR count). The van der Waals surface area contributed by atoms with Crippen LogP contribution in [0.3, 0.4) is 0 Å². The Morgan fingerprint density at radius 3 is 2.81 bits per heavy atom. The molecule has 0 spiro atoms. The minimum Gasteiger partial charge on any atom is -0.371 e. The molecule has 1 aromatic rings. The van der Waals surface area contributed by atoms with Crippen LogP contribution < -0.4 is 5.56 Å². The molecule has 0 aromatic carbocycles. The Hall–Kier alpha value is -1.17. The third-order valence-corrected chi connectivity index (χ3v) is 3.03. The van der Waals surface area contributed by atoms with Crippen molar-refractivity contribution in [3.05, 3.63) is 22.2 Å². The Labute approximate surface area is 98.4 Å². The lowest BCUT2D eigenvalue weighted by molar-refractivity contribution is 0.182. The minimum absolute atomic E-state index is 0.411. The molecule has 0 atom stereocenters. The largest absolute Gasteiger partial charge is 0.371 e. The highest BCUT2D eigenvalue weighted by atomic mass is 32.2. The Balaban J connectivity index is 2.74. The van der Waals surface area contributed by atoms with Gasteiger partial charge in [0.25, 0.3) is 5.56 Å². The maximum atomic E-state index is 11.5. The molecule has 6 heteroatoms. The zero-order chi connectivity index (χ0) is 12.1. The second-order valence-electron chi connectivity index (χ2n) is 3.56. The summed E-state index contributed by atoms with van der Waals surface area (Å²) in [5, 5.41) is 0. The molecule has 16 heavy (non-hydrogen) atoms. The molecule has 1 heterocycles. The van der Waals surface area contributed by atoms with Crippen LogP contribution in [0.25, 0.3) is 0 Å². The highest BCUT2D eigenvalue weighted by molar-refractivity contribution is 7.98. The van der Waals surface area contributed by atoms with Crippen molar-refractivity contribution in [3.63, 3.8) is 0 Å². The zero-order valence-electron chi connectivity index (χ0n) is 9.73. The van der Waals surface area contributed by atoms with Crippen LogP contribution in [0.4, 0.5) is 4.79 Å². The van der Waals surface area contributed by atoms with E-state index in [1.165, 1.54) is 11.0 Å². The molecule has 0 fully saturated rings. The maximum Gasteiger partial charge on any atom is 0.360 e. The van der Waals surface area contributed by atoms with E-state index in [1.807, 2.05) is 0 Å². The lowest BCUT2D eigenvalue weighted by atomic mass is 10.5. The second-order valence-corrected chi connectivity index (χ2v) is 4.67. The second kappa shape index (κ2) is 5.79. The van der Waals surface area contributed by atoms with Crippen LogP contribution in [0, 0.1) is 0 Å². The molecular formula is C10H16N2O3S. The number of amides is 1. The summed E-state index contributed by atoms with van der Waals surface area (Å²) < 4.78 is 5.96. The number of aromatic nitrogens is 1. The van der Waals surface area contributed by atoms with E-state index >= 15 is 0 Å². The molecule has 0 N–H and O–H groups in total. The van der Waals surface area contributed by atoms with Gasteiger partial charge in [-0.2, -0.15) is 11.8 Å². The van der Waals surface area contributed by atoms with E-state index < -0.39 is 11.6 Å². The van der Waals surface area contributed by atoms with Gasteiger partial charge in [-0.15, -0.1) is 0 Å². The molecule has 0 aliphatic carbocycles. The number of hydrogen-bond acceptors (Lipinski definition) is 4. The predicted molar refractivity (Wildman–Crippen MR) is 63.9 cm³/mol. The Morgan fingerprint density at radius 1 is 1.56 bits per heavy atom. The summed E-state index contributed by atoms with van der Waals surface area (Å²) in [6.45, 7) is 2.09. The first-order valence-corrected chi connectivity index (χ1v) is 6.23. The van der Waals surface area contributed by atoms with Gasteiger partial charge in [0, 0.05) is 20.2 Å². The van der Waals surface area contributed by atoms with Gasteiger partial charge in [-0.25, -0.2) is 4.79 Å². The van der Waals surface area contributed by atoms with Crippen LogP contribution in [0.2, 0.25) is 0 Å². The van der Waals surface area contributed by atoms with Gasteiger partial charge in [-0.05, 0) is 12.2 Å². The summed E-state index contributed by atoms with van der Waals surface area (Å²) in [6, 6.07) is 0.904. The molecule has 1 amide bonds. The van der Waals surface area contributed by atoms with E-state index in [1.54, 1.807) is 25.9 Å². The van der Waals surface area contributed by atoms with E-state index in [4.69, 9.17) is 4.52 Å². The highest BCUT2D eigenvalue weighted by Gasteiger charge is 2.14. The summed E-state index contributed by atoms with van der Waals surface area (Å²) in [5.41, 5.74) is -0.411. The number of rotatable bonds is 4. The topological polar surface area (TPSA) is 55.5 Å². The number of hydrogen-bond donors (Lipinski definition) is 0. The van der Waals surface area contributed by atoms with Gasteiger partial charge < -0.3 is 9.42 Å². The molecule has 90 valence electrons. The van der Waals surface area contributed by atoms with E-state index in [0.29, 0.717) is 11.5 Å². The van der Waals surface area contributed by atoms with Crippen molar-refractivity contribution in [1.29, 1.82) is 0 Å². The van der Waals surface area contributed by atoms with Crippen molar-refractivity contribution < 1.29 is 9.32 Å². The number of carbonyl (C=O) groups excluding carboxylic acids is 1. The van der Waals surface area contributed by atoms with Crippen molar-refractivity contribution in [3.8, 4) is 0 Å². The van der Waals surface area contributed by atoms with Crippen molar-refractivity contribution in [2.24, 2.45) is 0 Å². The molecule has 0 aliphatic heterocycles. The molecule has 1 aromatic heterocycles. The normalized spacial score (nSPS) is 10.4. The Morgan fingerprint density at radius 2 is 2.25 bits per heavy atom. The van der Waals surface area contributed by atoms with Crippen LogP contribution >= 0.6 is 11.8 Å². The van der Waals surface area contributed by atoms with Gasteiger partial charge in [-0.1, -0.05) is 11.7 Å². The third kappa shape index (κ3) is 3.16. The SMILES string of the molecule is CCCSCc1cc(=O)n(C(=O)N(C)C)o1. The smallest absolute Gasteiger partial charge is 0.360 e. The fraction of sp³-hybridized carbons (Fsp3) is 0.600. The quantitative estimate of drug-likeness (QED) is 0.755. The zero-order valence-corrected chi connectivity index (χ0v) is 10.5. The highest BCUT2D eigenvalue weighted by Crippen LogP contribution is 2.11. The molecule has 0 unspecified atom stereocenters. The fourth-order valence-electron chi connectivity index (χ4n) is 1.09. The number of carbonyl (C=O) groups is 1. The van der Waals surface area contributed by atoms with Gasteiger partial charge in [0.1, 0.15) is 5.76 Å². The van der Waals surface area contributed by atoms with Crippen molar-refractivity contribution in [1.82, 2.24) is 9.64 Å². The van der Waals surface area contributed by atoms with E-state index in [9.17, 15) is 9.59 Å². The van der Waals surface area contributed by atoms with Gasteiger partial charge in [0.2, 0.25) is 0 Å². The van der Waals surface area contributed by atoms with Crippen molar-refractivity contribution >= 4 is 17.8 Å². The molecule has 0 saturated carbocycles. The Bertz CT molecular complexity index is 408. The van der Waals surface area contributed by atoms with Crippen molar-refractivity contribution in [2.45, 2.75) is 19.1 Å². The van der Waals surface area contributed by atoms with Gasteiger partial charge in [-0.3, -0.25) is 4.79 Å². The summed E-state index contributed by atoms with van der Waals surface area (Å²) in [7, 11) is 3.14. The van der Waals surface area contributed by atoms with Gasteiger partial charge >= 0.3 is 6.03 Å².